The smallest absolute Gasteiger partial charge is 0.223 e. The molecule has 0 atom stereocenters. The highest BCUT2D eigenvalue weighted by atomic mass is 35.5. The van der Waals surface area contributed by atoms with Crippen molar-refractivity contribution in [1.29, 1.82) is 0 Å². The summed E-state index contributed by atoms with van der Waals surface area (Å²) in [6.45, 7) is 0. The number of ether oxygens (including phenoxy) is 1. The Morgan fingerprint density at radius 2 is 1.39 bits per heavy atom. The van der Waals surface area contributed by atoms with Crippen LogP contribution in [0.5, 0.6) is 11.5 Å². The van der Waals surface area contributed by atoms with Gasteiger partial charge in [-0.25, -0.2) is 9.97 Å². The molecule has 0 N–H and O–H groups in total. The molecule has 3 nitrogen and oxygen atoms in total. The Balaban J connectivity index is 1.33. The molecule has 3 aliphatic rings. The summed E-state index contributed by atoms with van der Waals surface area (Å²) in [4.78, 5) is 9.61. The van der Waals surface area contributed by atoms with Gasteiger partial charge in [-0.2, -0.15) is 0 Å². The van der Waals surface area contributed by atoms with E-state index in [1.807, 2.05) is 0 Å². The van der Waals surface area contributed by atoms with E-state index in [9.17, 15) is 0 Å². The molecule has 1 aliphatic heterocycles. The fourth-order valence-electron chi connectivity index (χ4n) is 7.92. The zero-order chi connectivity index (χ0) is 29.0. The van der Waals surface area contributed by atoms with Crippen LogP contribution in [0.15, 0.2) is 121 Å². The number of hydrogen-bond acceptors (Lipinski definition) is 4. The summed E-state index contributed by atoms with van der Waals surface area (Å²) in [5.74, 6) is 1.80. The quantitative estimate of drug-likeness (QED) is 0.175. The first-order chi connectivity index (χ1) is 21.7. The van der Waals surface area contributed by atoms with Crippen LogP contribution in [0.3, 0.4) is 0 Å². The number of rotatable bonds is 1. The normalized spacial score (nSPS) is 16.1. The number of allylic oxidation sites excluding steroid dienone is 4. The van der Waals surface area contributed by atoms with E-state index in [-0.39, 0.29) is 5.28 Å². The number of thiophene rings is 1. The van der Waals surface area contributed by atoms with Gasteiger partial charge in [-0.3, -0.25) is 0 Å². The lowest BCUT2D eigenvalue weighted by Crippen LogP contribution is -2.33. The van der Waals surface area contributed by atoms with Gasteiger partial charge in [0.15, 0.2) is 0 Å². The predicted octanol–water partition coefficient (Wildman–Crippen LogP) is 10.7. The zero-order valence-corrected chi connectivity index (χ0v) is 25.0. The number of benzene rings is 5. The van der Waals surface area contributed by atoms with E-state index in [2.05, 4.69) is 115 Å². The van der Waals surface area contributed by atoms with Crippen molar-refractivity contribution in [2.24, 2.45) is 0 Å². The molecule has 44 heavy (non-hydrogen) atoms. The van der Waals surface area contributed by atoms with Crippen molar-refractivity contribution in [3.63, 3.8) is 0 Å². The van der Waals surface area contributed by atoms with Crippen molar-refractivity contribution in [2.45, 2.75) is 18.3 Å². The lowest BCUT2D eigenvalue weighted by Gasteiger charge is -2.40. The monoisotopic (exact) mass is 602 g/mol. The third-order valence-electron chi connectivity index (χ3n) is 9.63. The highest BCUT2D eigenvalue weighted by Crippen LogP contribution is 2.64. The Hall–Kier alpha value is -4.77. The molecule has 7 aromatic rings. The average molecular weight is 603 g/mol. The van der Waals surface area contributed by atoms with Crippen LogP contribution in [0.4, 0.5) is 0 Å². The van der Waals surface area contributed by atoms with E-state index < -0.39 is 5.41 Å². The van der Waals surface area contributed by atoms with Gasteiger partial charge in [-0.05, 0) is 81.3 Å². The maximum absolute atomic E-state index is 6.65. The number of halogens is 1. The average Bonchev–Trinajstić information content (AvgIpc) is 3.58. The van der Waals surface area contributed by atoms with E-state index in [1.54, 1.807) is 11.3 Å². The van der Waals surface area contributed by atoms with Crippen molar-refractivity contribution in [3.05, 3.63) is 154 Å². The zero-order valence-electron chi connectivity index (χ0n) is 23.5. The van der Waals surface area contributed by atoms with Gasteiger partial charge in [-0.15, -0.1) is 11.3 Å². The molecule has 2 aliphatic carbocycles. The van der Waals surface area contributed by atoms with Crippen LogP contribution in [0.1, 0.15) is 40.8 Å². The summed E-state index contributed by atoms with van der Waals surface area (Å²) in [5, 5.41) is 3.96. The second-order valence-corrected chi connectivity index (χ2v) is 13.1. The van der Waals surface area contributed by atoms with Gasteiger partial charge in [0, 0.05) is 21.2 Å². The summed E-state index contributed by atoms with van der Waals surface area (Å²) in [5.41, 5.74) is 10.3. The van der Waals surface area contributed by atoms with E-state index in [0.717, 1.165) is 45.6 Å². The minimum absolute atomic E-state index is 0.286. The Labute approximate surface area is 262 Å². The third kappa shape index (κ3) is 3.12. The summed E-state index contributed by atoms with van der Waals surface area (Å²) in [7, 11) is 0. The van der Waals surface area contributed by atoms with Crippen molar-refractivity contribution < 1.29 is 4.74 Å². The van der Waals surface area contributed by atoms with Crippen LogP contribution in [0.2, 0.25) is 5.28 Å². The van der Waals surface area contributed by atoms with Crippen molar-refractivity contribution in [1.82, 2.24) is 9.97 Å². The highest BCUT2D eigenvalue weighted by Gasteiger charge is 2.52. The van der Waals surface area contributed by atoms with Crippen molar-refractivity contribution in [3.8, 4) is 11.5 Å². The Morgan fingerprint density at radius 3 is 2.20 bits per heavy atom. The number of nitrogens with zero attached hydrogens (tertiary/aromatic N) is 2. The molecule has 0 amide bonds. The SMILES string of the molecule is Clc1nc(C2=CC3=C(CC2)c2c(ccc4ccccc24)C32c3ccccc3Oc3ccccc32)c2sc3ccccc3c2n1. The lowest BCUT2D eigenvalue weighted by molar-refractivity contribution is 0.435. The molecular weight excluding hydrogens is 580 g/mol. The summed E-state index contributed by atoms with van der Waals surface area (Å²) in [6.07, 6.45) is 4.20. The molecule has 2 aromatic heterocycles. The van der Waals surface area contributed by atoms with E-state index in [4.69, 9.17) is 26.3 Å². The van der Waals surface area contributed by atoms with Crippen molar-refractivity contribution in [2.75, 3.05) is 0 Å². The predicted molar refractivity (Wildman–Crippen MR) is 181 cm³/mol. The number of hydrogen-bond donors (Lipinski definition) is 0. The van der Waals surface area contributed by atoms with Crippen LogP contribution >= 0.6 is 22.9 Å². The molecule has 0 fully saturated rings. The van der Waals surface area contributed by atoms with Gasteiger partial charge in [0.2, 0.25) is 5.28 Å². The van der Waals surface area contributed by atoms with Gasteiger partial charge in [0.25, 0.3) is 0 Å². The molecule has 10 rings (SSSR count). The molecule has 0 bridgehead atoms. The fourth-order valence-corrected chi connectivity index (χ4v) is 9.26. The molecule has 5 heteroatoms. The minimum atomic E-state index is -0.526. The minimum Gasteiger partial charge on any atom is -0.457 e. The summed E-state index contributed by atoms with van der Waals surface area (Å²) >= 11 is 8.40. The maximum Gasteiger partial charge on any atom is 0.223 e. The van der Waals surface area contributed by atoms with E-state index >= 15 is 0 Å². The molecular formula is C39H23ClN2OS. The molecule has 0 saturated carbocycles. The maximum atomic E-state index is 6.65. The van der Waals surface area contributed by atoms with Crippen LogP contribution in [-0.4, -0.2) is 9.97 Å². The standard InChI is InChI=1S/C39H23ClN2OS/c40-38-41-35(37-36(42-38)26-11-3-8-16-33(26)44-37)23-17-19-25-30(21-23)39(29-20-18-22-9-1-2-10-24(22)34(25)29)27-12-4-6-14-31(27)43-32-15-7-5-13-28(32)39/h1-16,18,20-21H,17,19H2. The van der Waals surface area contributed by atoms with Crippen LogP contribution < -0.4 is 4.74 Å². The van der Waals surface area contributed by atoms with Crippen molar-refractivity contribution >= 4 is 65.2 Å². The highest BCUT2D eigenvalue weighted by molar-refractivity contribution is 7.26. The number of aromatic nitrogens is 2. The summed E-state index contributed by atoms with van der Waals surface area (Å²) in [6, 6.07) is 38.9. The van der Waals surface area contributed by atoms with Gasteiger partial charge in [-0.1, -0.05) is 97.1 Å². The van der Waals surface area contributed by atoms with Crippen LogP contribution in [0, 0.1) is 0 Å². The molecule has 0 radical (unpaired) electrons. The fraction of sp³-hybridized carbons (Fsp3) is 0.0769. The van der Waals surface area contributed by atoms with Gasteiger partial charge in [0.1, 0.15) is 11.5 Å². The number of fused-ring (bicyclic) bond motifs is 13. The van der Waals surface area contributed by atoms with Crippen LogP contribution in [0.25, 0.3) is 42.2 Å². The van der Waals surface area contributed by atoms with E-state index in [0.29, 0.717) is 0 Å². The van der Waals surface area contributed by atoms with E-state index in [1.165, 1.54) is 54.4 Å². The Morgan fingerprint density at radius 1 is 0.682 bits per heavy atom. The second-order valence-electron chi connectivity index (χ2n) is 11.7. The first-order valence-electron chi connectivity index (χ1n) is 14.9. The van der Waals surface area contributed by atoms with Gasteiger partial charge < -0.3 is 4.74 Å². The topological polar surface area (TPSA) is 35.0 Å². The molecule has 3 heterocycles. The Kier molecular flexibility index (Phi) is 4.98. The first kappa shape index (κ1) is 24.6. The van der Waals surface area contributed by atoms with Gasteiger partial charge >= 0.3 is 0 Å². The molecule has 1 spiro atoms. The third-order valence-corrected chi connectivity index (χ3v) is 11.0. The first-order valence-corrected chi connectivity index (χ1v) is 16.1. The number of para-hydroxylation sites is 2. The summed E-state index contributed by atoms with van der Waals surface area (Å²) < 4.78 is 8.87. The molecule has 208 valence electrons. The second kappa shape index (κ2) is 8.88. The Bertz CT molecular complexity index is 2410. The van der Waals surface area contributed by atoms with Crippen LogP contribution in [-0.2, 0) is 5.41 Å². The van der Waals surface area contributed by atoms with Gasteiger partial charge in [0.05, 0.1) is 21.3 Å². The largest absolute Gasteiger partial charge is 0.457 e. The lowest BCUT2D eigenvalue weighted by atomic mass is 9.64. The molecule has 0 unspecified atom stereocenters. The molecule has 0 saturated heterocycles. The molecule has 5 aromatic carbocycles.